The van der Waals surface area contributed by atoms with Crippen molar-refractivity contribution in [2.45, 2.75) is 49.8 Å². The van der Waals surface area contributed by atoms with E-state index >= 15 is 0 Å². The van der Waals surface area contributed by atoms with Gasteiger partial charge in [0, 0.05) is 18.8 Å². The van der Waals surface area contributed by atoms with Crippen LogP contribution in [0.5, 0.6) is 0 Å². The summed E-state index contributed by atoms with van der Waals surface area (Å²) in [6.45, 7) is 1.73. The highest BCUT2D eigenvalue weighted by Gasteiger charge is 2.44. The summed E-state index contributed by atoms with van der Waals surface area (Å²) in [7, 11) is 0. The lowest BCUT2D eigenvalue weighted by Crippen LogP contribution is -2.33. The molecule has 5 atom stereocenters. The standard InChI is InChI=1S/C18H25ClN6O5S/c19-18-22-14(24-4-1-2-5-24)11-15(23-18)25(8-21-11)16-13(27)12(26)10(30-16)7-31-6-3-9(20)17(28)29/h8-10,12-13,16,26-27H,1-7,20H2,(H,28,29)/t9-,10+,12+,13+,16?/m0/s1. The molecule has 2 aromatic heterocycles. The van der Waals surface area contributed by atoms with Crippen molar-refractivity contribution < 1.29 is 24.9 Å². The fourth-order valence-corrected chi connectivity index (χ4v) is 5.10. The number of fused-ring (bicyclic) bond motifs is 1. The second-order valence-electron chi connectivity index (χ2n) is 7.69. The van der Waals surface area contributed by atoms with Crippen molar-refractivity contribution >= 4 is 46.3 Å². The Morgan fingerprint density at radius 3 is 2.77 bits per heavy atom. The van der Waals surface area contributed by atoms with Crippen LogP contribution in [-0.4, -0.2) is 89.8 Å². The maximum atomic E-state index is 10.8. The van der Waals surface area contributed by atoms with Crippen molar-refractivity contribution in [1.29, 1.82) is 0 Å². The van der Waals surface area contributed by atoms with Gasteiger partial charge in [0.25, 0.3) is 0 Å². The average molecular weight is 473 g/mol. The normalized spacial score (nSPS) is 27.3. The molecule has 13 heteroatoms. The maximum Gasteiger partial charge on any atom is 0.320 e. The van der Waals surface area contributed by atoms with Gasteiger partial charge in [0.15, 0.2) is 23.2 Å². The zero-order chi connectivity index (χ0) is 22.1. The molecule has 0 aliphatic carbocycles. The second kappa shape index (κ2) is 9.43. The van der Waals surface area contributed by atoms with Gasteiger partial charge in [0.2, 0.25) is 5.28 Å². The zero-order valence-electron chi connectivity index (χ0n) is 16.7. The molecular formula is C18H25ClN6O5S. The van der Waals surface area contributed by atoms with Crippen LogP contribution in [0.3, 0.4) is 0 Å². The van der Waals surface area contributed by atoms with Crippen LogP contribution in [0, 0.1) is 0 Å². The van der Waals surface area contributed by atoms with Crippen LogP contribution in [0.2, 0.25) is 5.28 Å². The smallest absolute Gasteiger partial charge is 0.320 e. The summed E-state index contributed by atoms with van der Waals surface area (Å²) in [5, 5.41) is 30.0. The lowest BCUT2D eigenvalue weighted by atomic mass is 10.1. The van der Waals surface area contributed by atoms with E-state index in [4.69, 9.17) is 27.2 Å². The Balaban J connectivity index is 1.48. The molecule has 2 aliphatic rings. The highest BCUT2D eigenvalue weighted by molar-refractivity contribution is 7.99. The van der Waals surface area contributed by atoms with Gasteiger partial charge in [0.05, 0.1) is 12.4 Å². The molecule has 11 nitrogen and oxygen atoms in total. The minimum absolute atomic E-state index is 0.0751. The number of halogens is 1. The van der Waals surface area contributed by atoms with E-state index in [-0.39, 0.29) is 5.28 Å². The maximum absolute atomic E-state index is 10.8. The molecule has 5 N–H and O–H groups in total. The van der Waals surface area contributed by atoms with Gasteiger partial charge < -0.3 is 30.7 Å². The van der Waals surface area contributed by atoms with Crippen molar-refractivity contribution in [2.75, 3.05) is 29.5 Å². The number of hydrogen-bond donors (Lipinski definition) is 4. The lowest BCUT2D eigenvalue weighted by molar-refractivity contribution is -0.138. The Morgan fingerprint density at radius 2 is 2.06 bits per heavy atom. The van der Waals surface area contributed by atoms with Crippen LogP contribution in [0.4, 0.5) is 5.82 Å². The predicted octanol–water partition coefficient (Wildman–Crippen LogP) is 0.234. The number of carbonyl (C=O) groups is 1. The summed E-state index contributed by atoms with van der Waals surface area (Å²) < 4.78 is 7.51. The number of nitrogens with zero attached hydrogens (tertiary/aromatic N) is 5. The van der Waals surface area contributed by atoms with Gasteiger partial charge in [-0.15, -0.1) is 0 Å². The van der Waals surface area contributed by atoms with Crippen LogP contribution >= 0.6 is 23.4 Å². The van der Waals surface area contributed by atoms with E-state index in [1.54, 1.807) is 4.57 Å². The highest BCUT2D eigenvalue weighted by atomic mass is 35.5. The summed E-state index contributed by atoms with van der Waals surface area (Å²) in [4.78, 5) is 26.0. The molecule has 0 saturated carbocycles. The van der Waals surface area contributed by atoms with Gasteiger partial charge in [-0.25, -0.2) is 4.98 Å². The molecule has 0 amide bonds. The molecule has 4 heterocycles. The summed E-state index contributed by atoms with van der Waals surface area (Å²) >= 11 is 7.57. The van der Waals surface area contributed by atoms with Crippen molar-refractivity contribution in [3.8, 4) is 0 Å². The molecule has 2 saturated heterocycles. The van der Waals surface area contributed by atoms with Crippen LogP contribution in [0.15, 0.2) is 6.33 Å². The summed E-state index contributed by atoms with van der Waals surface area (Å²) in [5.74, 6) is 0.481. The quantitative estimate of drug-likeness (QED) is 0.307. The number of nitrogens with two attached hydrogens (primary N) is 1. The van der Waals surface area contributed by atoms with Crippen LogP contribution in [0.1, 0.15) is 25.5 Å². The number of aliphatic hydroxyl groups excluding tert-OH is 2. The Labute approximate surface area is 187 Å². The molecule has 0 spiro atoms. The van der Waals surface area contributed by atoms with Crippen molar-refractivity contribution in [3.63, 3.8) is 0 Å². The Bertz CT molecular complexity index is 942. The van der Waals surface area contributed by atoms with Gasteiger partial charge in [-0.3, -0.25) is 9.36 Å². The first kappa shape index (κ1) is 22.5. The predicted molar refractivity (Wildman–Crippen MR) is 115 cm³/mol. The van der Waals surface area contributed by atoms with Crippen molar-refractivity contribution in [3.05, 3.63) is 11.6 Å². The average Bonchev–Trinajstić information content (AvgIpc) is 3.46. The Hall–Kier alpha value is -1.70. The Morgan fingerprint density at radius 1 is 1.32 bits per heavy atom. The number of hydrogen-bond acceptors (Lipinski definition) is 10. The minimum Gasteiger partial charge on any atom is -0.480 e. The van der Waals surface area contributed by atoms with Gasteiger partial charge in [-0.05, 0) is 36.6 Å². The van der Waals surface area contributed by atoms with E-state index in [2.05, 4.69) is 19.9 Å². The fourth-order valence-electron chi connectivity index (χ4n) is 3.84. The molecule has 0 aromatic carbocycles. The molecule has 2 aromatic rings. The number of rotatable bonds is 8. The van der Waals surface area contributed by atoms with Gasteiger partial charge in [0.1, 0.15) is 18.2 Å². The molecule has 2 aliphatic heterocycles. The summed E-state index contributed by atoms with van der Waals surface area (Å²) in [5.41, 5.74) is 6.49. The number of imidazole rings is 1. The van der Waals surface area contributed by atoms with Crippen molar-refractivity contribution in [2.24, 2.45) is 5.73 Å². The highest BCUT2D eigenvalue weighted by Crippen LogP contribution is 2.35. The molecule has 0 bridgehead atoms. The number of carboxylic acid groups (broad SMARTS) is 1. The first-order valence-corrected chi connectivity index (χ1v) is 11.6. The van der Waals surface area contributed by atoms with Crippen LogP contribution in [0.25, 0.3) is 11.2 Å². The lowest BCUT2D eigenvalue weighted by Gasteiger charge is -2.18. The van der Waals surface area contributed by atoms with E-state index in [0.29, 0.717) is 34.9 Å². The third-order valence-corrected chi connectivity index (χ3v) is 6.82. The SMILES string of the molecule is N[C@@H](CCSC[C@H]1OC(n2cnc3c(N4CCCC4)nc(Cl)nc32)[C@H](O)[C@@H]1O)C(=O)O. The molecule has 31 heavy (non-hydrogen) atoms. The van der Waals surface area contributed by atoms with Crippen LogP contribution < -0.4 is 10.6 Å². The third-order valence-electron chi connectivity index (χ3n) is 5.57. The number of carboxylic acids is 1. The fraction of sp³-hybridized carbons (Fsp3) is 0.667. The van der Waals surface area contributed by atoms with E-state index in [0.717, 1.165) is 25.9 Å². The third kappa shape index (κ3) is 4.59. The van der Waals surface area contributed by atoms with Crippen molar-refractivity contribution in [1.82, 2.24) is 19.5 Å². The molecule has 0 radical (unpaired) electrons. The van der Waals surface area contributed by atoms with Gasteiger partial charge >= 0.3 is 5.97 Å². The molecule has 2 fully saturated rings. The van der Waals surface area contributed by atoms with E-state index in [1.165, 1.54) is 18.1 Å². The van der Waals surface area contributed by atoms with Gasteiger partial charge in [-0.1, -0.05) is 0 Å². The number of ether oxygens (including phenoxy) is 1. The number of anilines is 1. The van der Waals surface area contributed by atoms with E-state index < -0.39 is 36.6 Å². The Kier molecular flexibility index (Phi) is 6.84. The first-order chi connectivity index (χ1) is 14.9. The van der Waals surface area contributed by atoms with E-state index in [1.807, 2.05) is 0 Å². The monoisotopic (exact) mass is 472 g/mol. The number of aromatic nitrogens is 4. The zero-order valence-corrected chi connectivity index (χ0v) is 18.2. The summed E-state index contributed by atoms with van der Waals surface area (Å²) in [6, 6.07) is -0.924. The molecule has 1 unspecified atom stereocenters. The topological polar surface area (TPSA) is 160 Å². The molecular weight excluding hydrogens is 448 g/mol. The number of aliphatic hydroxyl groups is 2. The first-order valence-electron chi connectivity index (χ1n) is 10.1. The van der Waals surface area contributed by atoms with Gasteiger partial charge in [-0.2, -0.15) is 21.7 Å². The van der Waals surface area contributed by atoms with Crippen LogP contribution in [-0.2, 0) is 9.53 Å². The number of aliphatic carboxylic acids is 1. The second-order valence-corrected chi connectivity index (χ2v) is 9.18. The summed E-state index contributed by atoms with van der Waals surface area (Å²) in [6.07, 6.45) is 0.121. The molecule has 4 rings (SSSR count). The molecule has 170 valence electrons. The van der Waals surface area contributed by atoms with E-state index in [9.17, 15) is 15.0 Å². The minimum atomic E-state index is -1.19. The number of thioether (sulfide) groups is 1. The largest absolute Gasteiger partial charge is 0.480 e.